The number of hydrogen-bond acceptors (Lipinski definition) is 4. The van der Waals surface area contributed by atoms with Gasteiger partial charge in [0.05, 0.1) is 5.56 Å². The Bertz CT molecular complexity index is 659. The van der Waals surface area contributed by atoms with Crippen LogP contribution >= 0.6 is 0 Å². The minimum Gasteiger partial charge on any atom is -0.463 e. The first kappa shape index (κ1) is 8.84. The molecule has 0 bridgehead atoms. The van der Waals surface area contributed by atoms with Crippen molar-refractivity contribution in [2.24, 2.45) is 5.73 Å². The molecule has 0 unspecified atom stereocenters. The first-order valence-corrected chi connectivity index (χ1v) is 4.70. The number of primary amides is 1. The molecule has 5 heteroatoms. The summed E-state index contributed by atoms with van der Waals surface area (Å²) in [5, 5.41) is 8.54. The first-order valence-electron chi connectivity index (χ1n) is 4.70. The third-order valence-electron chi connectivity index (χ3n) is 2.44. The lowest BCUT2D eigenvalue weighted by molar-refractivity contribution is 0.0996. The second kappa shape index (κ2) is 3.03. The Morgan fingerprint density at radius 1 is 1.25 bits per heavy atom. The van der Waals surface area contributed by atoms with E-state index in [-0.39, 0.29) is 5.69 Å². The number of carbonyl (C=O) groups is 1. The molecule has 0 fully saturated rings. The van der Waals surface area contributed by atoms with E-state index >= 15 is 0 Å². The summed E-state index contributed by atoms with van der Waals surface area (Å²) in [6.45, 7) is 0. The third-order valence-corrected chi connectivity index (χ3v) is 2.44. The first-order chi connectivity index (χ1) is 7.77. The summed E-state index contributed by atoms with van der Waals surface area (Å²) in [6, 6.07) is 7.42. The van der Waals surface area contributed by atoms with Crippen molar-refractivity contribution in [2.75, 3.05) is 0 Å². The number of para-hydroxylation sites is 1. The second-order valence-corrected chi connectivity index (χ2v) is 3.41. The molecule has 5 nitrogen and oxygen atoms in total. The number of aromatic nitrogens is 2. The molecule has 16 heavy (non-hydrogen) atoms. The van der Waals surface area contributed by atoms with Crippen LogP contribution in [-0.2, 0) is 0 Å². The normalized spacial score (nSPS) is 11.0. The standard InChI is InChI=1S/C11H7N3O2/c12-11(15)10-7-5-16-8-4-2-1-3-6(8)9(7)13-14-10/h1-5H,(H2,12,15). The van der Waals surface area contributed by atoms with Crippen molar-refractivity contribution in [3.05, 3.63) is 36.2 Å². The highest BCUT2D eigenvalue weighted by Gasteiger charge is 2.20. The van der Waals surface area contributed by atoms with Crippen LogP contribution in [0.25, 0.3) is 22.2 Å². The maximum Gasteiger partial charge on any atom is 0.270 e. The molecule has 0 aliphatic carbocycles. The topological polar surface area (TPSA) is 82.0 Å². The predicted molar refractivity (Wildman–Crippen MR) is 56.9 cm³/mol. The molecule has 1 aromatic carbocycles. The minimum absolute atomic E-state index is 0.143. The third kappa shape index (κ3) is 1.08. The number of fused-ring (bicyclic) bond motifs is 3. The Morgan fingerprint density at radius 2 is 2.06 bits per heavy atom. The summed E-state index contributed by atoms with van der Waals surface area (Å²) in [7, 11) is 0. The lowest BCUT2D eigenvalue weighted by Gasteiger charge is -2.01. The van der Waals surface area contributed by atoms with Crippen LogP contribution in [0, 0.1) is 0 Å². The van der Waals surface area contributed by atoms with Crippen LogP contribution in [-0.4, -0.2) is 16.1 Å². The molecule has 0 saturated carbocycles. The minimum atomic E-state index is -0.604. The van der Waals surface area contributed by atoms with Gasteiger partial charge in [0.15, 0.2) is 5.69 Å². The van der Waals surface area contributed by atoms with Gasteiger partial charge in [0.25, 0.3) is 5.91 Å². The maximum atomic E-state index is 11.1. The lowest BCUT2D eigenvalue weighted by atomic mass is 10.1. The largest absolute Gasteiger partial charge is 0.463 e. The molecular weight excluding hydrogens is 206 g/mol. The Balaban J connectivity index is 2.41. The molecule has 0 saturated heterocycles. The highest BCUT2D eigenvalue weighted by molar-refractivity contribution is 6.02. The quantitative estimate of drug-likeness (QED) is 0.662. The van der Waals surface area contributed by atoms with E-state index < -0.39 is 5.91 Å². The Morgan fingerprint density at radius 3 is 2.88 bits per heavy atom. The van der Waals surface area contributed by atoms with E-state index in [1.165, 1.54) is 6.26 Å². The summed E-state index contributed by atoms with van der Waals surface area (Å²) in [5.41, 5.74) is 7.21. The Hall–Kier alpha value is -2.43. The number of carbonyl (C=O) groups excluding carboxylic acids is 1. The number of benzene rings is 1. The zero-order chi connectivity index (χ0) is 11.1. The van der Waals surface area contributed by atoms with Crippen molar-refractivity contribution in [3.63, 3.8) is 0 Å². The highest BCUT2D eigenvalue weighted by atomic mass is 16.3. The molecule has 1 aromatic rings. The fourth-order valence-corrected chi connectivity index (χ4v) is 1.70. The highest BCUT2D eigenvalue weighted by Crippen LogP contribution is 2.30. The van der Waals surface area contributed by atoms with Crippen molar-refractivity contribution in [3.8, 4) is 11.3 Å². The molecule has 3 rings (SSSR count). The van der Waals surface area contributed by atoms with Crippen LogP contribution in [0.5, 0.6) is 0 Å². The molecule has 1 amide bonds. The summed E-state index contributed by atoms with van der Waals surface area (Å²) >= 11 is 0. The molecule has 2 aliphatic rings. The van der Waals surface area contributed by atoms with Crippen molar-refractivity contribution in [2.45, 2.75) is 0 Å². The summed E-state index contributed by atoms with van der Waals surface area (Å²) in [6.07, 6.45) is 1.46. The van der Waals surface area contributed by atoms with Gasteiger partial charge in [-0.3, -0.25) is 4.79 Å². The van der Waals surface area contributed by atoms with Gasteiger partial charge in [0, 0.05) is 5.39 Å². The smallest absolute Gasteiger partial charge is 0.270 e. The Kier molecular flexibility index (Phi) is 1.67. The monoisotopic (exact) mass is 213 g/mol. The molecule has 0 aromatic heterocycles. The van der Waals surface area contributed by atoms with Gasteiger partial charge in [-0.2, -0.15) is 0 Å². The van der Waals surface area contributed by atoms with E-state index in [9.17, 15) is 4.79 Å². The second-order valence-electron chi connectivity index (χ2n) is 3.41. The fourth-order valence-electron chi connectivity index (χ4n) is 1.70. The van der Waals surface area contributed by atoms with Crippen LogP contribution in [0.1, 0.15) is 10.5 Å². The van der Waals surface area contributed by atoms with E-state index in [0.717, 1.165) is 5.39 Å². The summed E-state index contributed by atoms with van der Waals surface area (Å²) in [5.74, 6) is -0.604. The molecule has 78 valence electrons. The van der Waals surface area contributed by atoms with Gasteiger partial charge in [0.1, 0.15) is 17.5 Å². The van der Waals surface area contributed by atoms with E-state index in [0.29, 0.717) is 16.8 Å². The van der Waals surface area contributed by atoms with Crippen molar-refractivity contribution >= 4 is 16.9 Å². The van der Waals surface area contributed by atoms with Crippen LogP contribution in [0.2, 0.25) is 0 Å². The molecule has 2 aliphatic heterocycles. The van der Waals surface area contributed by atoms with Crippen LogP contribution < -0.4 is 5.73 Å². The van der Waals surface area contributed by atoms with E-state index in [1.807, 2.05) is 24.3 Å². The SMILES string of the molecule is NC(=O)c1nnc2c3ccccc3occ1-2. The van der Waals surface area contributed by atoms with Gasteiger partial charge < -0.3 is 10.2 Å². The van der Waals surface area contributed by atoms with Gasteiger partial charge in [-0.25, -0.2) is 0 Å². The van der Waals surface area contributed by atoms with Gasteiger partial charge >= 0.3 is 0 Å². The van der Waals surface area contributed by atoms with Gasteiger partial charge in [-0.15, -0.1) is 10.2 Å². The van der Waals surface area contributed by atoms with Gasteiger partial charge in [0.2, 0.25) is 0 Å². The van der Waals surface area contributed by atoms with Crippen molar-refractivity contribution < 1.29 is 9.21 Å². The van der Waals surface area contributed by atoms with Crippen LogP contribution in [0.4, 0.5) is 0 Å². The lowest BCUT2D eigenvalue weighted by Crippen LogP contribution is -2.12. The number of hydrogen-bond donors (Lipinski definition) is 1. The fraction of sp³-hybridized carbons (Fsp3) is 0. The van der Waals surface area contributed by atoms with E-state index in [4.69, 9.17) is 10.2 Å². The molecule has 0 atom stereocenters. The Labute approximate surface area is 90.2 Å². The average Bonchev–Trinajstić information content (AvgIpc) is 2.73. The number of nitrogens with two attached hydrogens (primary N) is 1. The molecular formula is C11H7N3O2. The average molecular weight is 213 g/mol. The molecule has 0 radical (unpaired) electrons. The molecule has 2 heterocycles. The molecule has 0 spiro atoms. The number of amides is 1. The zero-order valence-corrected chi connectivity index (χ0v) is 8.18. The van der Waals surface area contributed by atoms with Gasteiger partial charge in [-0.05, 0) is 12.1 Å². The number of rotatable bonds is 1. The zero-order valence-electron chi connectivity index (χ0n) is 8.18. The van der Waals surface area contributed by atoms with Crippen LogP contribution in [0.15, 0.2) is 34.9 Å². The van der Waals surface area contributed by atoms with Crippen molar-refractivity contribution in [1.29, 1.82) is 0 Å². The molecule has 2 N–H and O–H groups in total. The maximum absolute atomic E-state index is 11.1. The predicted octanol–water partition coefficient (Wildman–Crippen LogP) is 1.43. The summed E-state index contributed by atoms with van der Waals surface area (Å²) in [4.78, 5) is 11.1. The number of nitrogens with zero attached hydrogens (tertiary/aromatic N) is 2. The van der Waals surface area contributed by atoms with Gasteiger partial charge in [-0.1, -0.05) is 12.1 Å². The van der Waals surface area contributed by atoms with Crippen LogP contribution in [0.3, 0.4) is 0 Å². The van der Waals surface area contributed by atoms with Crippen molar-refractivity contribution in [1.82, 2.24) is 10.2 Å². The van der Waals surface area contributed by atoms with E-state index in [1.54, 1.807) is 0 Å². The summed E-state index contributed by atoms with van der Waals surface area (Å²) < 4.78 is 5.39. The van der Waals surface area contributed by atoms with E-state index in [2.05, 4.69) is 10.2 Å².